The van der Waals surface area contributed by atoms with E-state index in [4.69, 9.17) is 5.11 Å². The number of carboxylic acids is 1. The average molecular weight is 272 g/mol. The Hall–Kier alpha value is -2.43. The van der Waals surface area contributed by atoms with Crippen molar-refractivity contribution in [3.8, 4) is 5.69 Å². The zero-order valence-electron chi connectivity index (χ0n) is 11.6. The molecule has 5 nitrogen and oxygen atoms in total. The summed E-state index contributed by atoms with van der Waals surface area (Å²) in [6.45, 7) is 5.64. The maximum atomic E-state index is 12.0. The van der Waals surface area contributed by atoms with Gasteiger partial charge in [-0.15, -0.1) is 0 Å². The number of aromatic carboxylic acids is 1. The van der Waals surface area contributed by atoms with Gasteiger partial charge in [0.15, 0.2) is 0 Å². The Kier molecular flexibility index (Phi) is 3.70. The van der Waals surface area contributed by atoms with Gasteiger partial charge in [-0.25, -0.2) is 9.48 Å². The molecule has 0 aliphatic carbocycles. The Labute approximate surface area is 116 Å². The summed E-state index contributed by atoms with van der Waals surface area (Å²) in [5.74, 6) is -1.38. The Balaban J connectivity index is 2.72. The zero-order valence-corrected chi connectivity index (χ0v) is 11.6. The summed E-state index contributed by atoms with van der Waals surface area (Å²) in [5.41, 5.74) is 1.24. The minimum Gasteiger partial charge on any atom is -0.476 e. The number of aryl methyl sites for hydroxylation is 1. The molecule has 1 N–H and O–H groups in total. The molecule has 0 aliphatic heterocycles. The van der Waals surface area contributed by atoms with Gasteiger partial charge in [0.25, 0.3) is 0 Å². The first-order valence-corrected chi connectivity index (χ1v) is 6.34. The summed E-state index contributed by atoms with van der Waals surface area (Å²) >= 11 is 0. The summed E-state index contributed by atoms with van der Waals surface area (Å²) in [6, 6.07) is 7.50. The molecule has 0 amide bonds. The predicted molar refractivity (Wildman–Crippen MR) is 75.6 cm³/mol. The maximum absolute atomic E-state index is 12.0. The van der Waals surface area contributed by atoms with Gasteiger partial charge in [-0.1, -0.05) is 26.0 Å². The average Bonchev–Trinajstić information content (AvgIpc) is 2.38. The van der Waals surface area contributed by atoms with Crippen molar-refractivity contribution in [3.63, 3.8) is 0 Å². The van der Waals surface area contributed by atoms with Crippen LogP contribution >= 0.6 is 0 Å². The number of aromatic nitrogens is 2. The fourth-order valence-corrected chi connectivity index (χ4v) is 1.96. The van der Waals surface area contributed by atoms with Gasteiger partial charge >= 0.3 is 5.97 Å². The Bertz CT molecular complexity index is 717. The summed E-state index contributed by atoms with van der Waals surface area (Å²) in [6.07, 6.45) is 1.61. The van der Waals surface area contributed by atoms with Crippen molar-refractivity contribution in [3.05, 3.63) is 57.5 Å². The normalized spacial score (nSPS) is 10.8. The lowest BCUT2D eigenvalue weighted by molar-refractivity contribution is 0.0686. The van der Waals surface area contributed by atoms with Crippen molar-refractivity contribution >= 4 is 5.97 Å². The van der Waals surface area contributed by atoms with Crippen molar-refractivity contribution in [1.82, 2.24) is 9.78 Å². The molecule has 5 heteroatoms. The first-order valence-electron chi connectivity index (χ1n) is 6.34. The molecule has 0 saturated carbocycles. The third-order valence-corrected chi connectivity index (χ3v) is 3.04. The van der Waals surface area contributed by atoms with Crippen LogP contribution in [0, 0.1) is 6.92 Å². The van der Waals surface area contributed by atoms with Crippen molar-refractivity contribution in [2.45, 2.75) is 26.7 Å². The largest absolute Gasteiger partial charge is 0.476 e. The number of carboxylic acid groups (broad SMARTS) is 1. The Morgan fingerprint density at radius 2 is 2.05 bits per heavy atom. The smallest absolute Gasteiger partial charge is 0.360 e. The van der Waals surface area contributed by atoms with E-state index in [1.807, 2.05) is 45.0 Å². The third-order valence-electron chi connectivity index (χ3n) is 3.04. The maximum Gasteiger partial charge on any atom is 0.360 e. The molecule has 0 spiro atoms. The van der Waals surface area contributed by atoms with Gasteiger partial charge in [0.05, 0.1) is 5.69 Å². The van der Waals surface area contributed by atoms with Crippen LogP contribution in [0.4, 0.5) is 0 Å². The van der Waals surface area contributed by atoms with Crippen LogP contribution < -0.4 is 5.43 Å². The molecule has 0 saturated heterocycles. The molecule has 0 atom stereocenters. The minimum absolute atomic E-state index is 0.0698. The fraction of sp³-hybridized carbons (Fsp3) is 0.267. The van der Waals surface area contributed by atoms with Crippen LogP contribution in [-0.4, -0.2) is 20.9 Å². The molecule has 20 heavy (non-hydrogen) atoms. The summed E-state index contributed by atoms with van der Waals surface area (Å²) in [5, 5.41) is 13.1. The third kappa shape index (κ3) is 2.61. The van der Waals surface area contributed by atoms with E-state index in [0.29, 0.717) is 5.56 Å². The van der Waals surface area contributed by atoms with Crippen LogP contribution in [0.5, 0.6) is 0 Å². The lowest BCUT2D eigenvalue weighted by Gasteiger charge is -2.11. The van der Waals surface area contributed by atoms with Gasteiger partial charge in [0, 0.05) is 11.8 Å². The van der Waals surface area contributed by atoms with Crippen molar-refractivity contribution in [2.24, 2.45) is 0 Å². The number of hydrogen-bond acceptors (Lipinski definition) is 3. The molecular weight excluding hydrogens is 256 g/mol. The standard InChI is InChI=1S/C15H16N2O3/c1-9(2)12-8-17(11-6-4-5-10(3)7-11)16-13(14(12)18)15(19)20/h4-9H,1-3H3,(H,19,20). The van der Waals surface area contributed by atoms with Gasteiger partial charge < -0.3 is 5.11 Å². The van der Waals surface area contributed by atoms with Gasteiger partial charge in [0.1, 0.15) is 0 Å². The monoisotopic (exact) mass is 272 g/mol. The van der Waals surface area contributed by atoms with E-state index in [1.54, 1.807) is 6.20 Å². The SMILES string of the molecule is Cc1cccc(-n2cc(C(C)C)c(=O)c(C(=O)O)n2)c1. The van der Waals surface area contributed by atoms with Crippen molar-refractivity contribution in [1.29, 1.82) is 0 Å². The number of rotatable bonds is 3. The van der Waals surface area contributed by atoms with Gasteiger partial charge in [-0.3, -0.25) is 4.79 Å². The molecule has 1 aromatic carbocycles. The van der Waals surface area contributed by atoms with Crippen molar-refractivity contribution < 1.29 is 9.90 Å². The van der Waals surface area contributed by atoms with Crippen LogP contribution in [0.25, 0.3) is 5.69 Å². The first-order chi connectivity index (χ1) is 9.40. The summed E-state index contributed by atoms with van der Waals surface area (Å²) in [4.78, 5) is 23.2. The van der Waals surface area contributed by atoms with Crippen LogP contribution in [0.1, 0.15) is 41.4 Å². The highest BCUT2D eigenvalue weighted by molar-refractivity contribution is 5.85. The van der Waals surface area contributed by atoms with Gasteiger partial charge in [-0.2, -0.15) is 5.10 Å². The molecule has 0 bridgehead atoms. The second kappa shape index (κ2) is 5.28. The molecule has 2 rings (SSSR count). The van der Waals surface area contributed by atoms with E-state index in [9.17, 15) is 9.59 Å². The van der Waals surface area contributed by atoms with E-state index in [2.05, 4.69) is 5.10 Å². The molecule has 2 aromatic rings. The van der Waals surface area contributed by atoms with Crippen molar-refractivity contribution in [2.75, 3.05) is 0 Å². The zero-order chi connectivity index (χ0) is 14.9. The molecule has 0 unspecified atom stereocenters. The summed E-state index contributed by atoms with van der Waals surface area (Å²) in [7, 11) is 0. The Morgan fingerprint density at radius 3 is 2.60 bits per heavy atom. The second-order valence-electron chi connectivity index (χ2n) is 5.01. The molecule has 0 radical (unpaired) electrons. The molecule has 104 valence electrons. The van der Waals surface area contributed by atoms with E-state index in [-0.39, 0.29) is 5.92 Å². The highest BCUT2D eigenvalue weighted by Gasteiger charge is 2.18. The lowest BCUT2D eigenvalue weighted by Crippen LogP contribution is -2.25. The molecule has 1 aromatic heterocycles. The van der Waals surface area contributed by atoms with E-state index < -0.39 is 17.1 Å². The minimum atomic E-state index is -1.31. The molecule has 1 heterocycles. The van der Waals surface area contributed by atoms with Crippen LogP contribution in [0.3, 0.4) is 0 Å². The van der Waals surface area contributed by atoms with E-state index >= 15 is 0 Å². The highest BCUT2D eigenvalue weighted by atomic mass is 16.4. The highest BCUT2D eigenvalue weighted by Crippen LogP contribution is 2.13. The number of hydrogen-bond donors (Lipinski definition) is 1. The van der Waals surface area contributed by atoms with Gasteiger partial charge in [-0.05, 0) is 30.5 Å². The predicted octanol–water partition coefficient (Wildman–Crippen LogP) is 2.36. The van der Waals surface area contributed by atoms with E-state index in [1.165, 1.54) is 4.68 Å². The number of benzene rings is 1. The topological polar surface area (TPSA) is 72.2 Å². The molecule has 0 fully saturated rings. The quantitative estimate of drug-likeness (QED) is 0.931. The fourth-order valence-electron chi connectivity index (χ4n) is 1.96. The first kappa shape index (κ1) is 14.0. The van der Waals surface area contributed by atoms with E-state index in [0.717, 1.165) is 11.3 Å². The molecule has 0 aliphatic rings. The number of nitrogens with zero attached hydrogens (tertiary/aromatic N) is 2. The second-order valence-corrected chi connectivity index (χ2v) is 5.01. The van der Waals surface area contributed by atoms with Crippen LogP contribution in [-0.2, 0) is 0 Å². The summed E-state index contributed by atoms with van der Waals surface area (Å²) < 4.78 is 1.45. The van der Waals surface area contributed by atoms with Crippen LogP contribution in [0.2, 0.25) is 0 Å². The van der Waals surface area contributed by atoms with Gasteiger partial charge in [0.2, 0.25) is 11.1 Å². The lowest BCUT2D eigenvalue weighted by atomic mass is 10.0. The number of carbonyl (C=O) groups is 1. The molecular formula is C15H16N2O3. The van der Waals surface area contributed by atoms with Crippen LogP contribution in [0.15, 0.2) is 35.3 Å². The Morgan fingerprint density at radius 1 is 1.35 bits per heavy atom.